The Kier molecular flexibility index (Phi) is 4.69. The van der Waals surface area contributed by atoms with Crippen molar-refractivity contribution in [1.29, 1.82) is 0 Å². The lowest BCUT2D eigenvalue weighted by Gasteiger charge is -2.13. The van der Waals surface area contributed by atoms with E-state index >= 15 is 0 Å². The fourth-order valence-electron chi connectivity index (χ4n) is 2.42. The zero-order valence-corrected chi connectivity index (χ0v) is 13.0. The van der Waals surface area contributed by atoms with Crippen LogP contribution in [0.2, 0.25) is 5.02 Å². The van der Waals surface area contributed by atoms with Gasteiger partial charge >= 0.3 is 0 Å². The molecule has 3 rings (SSSR count). The van der Waals surface area contributed by atoms with Gasteiger partial charge in [0.1, 0.15) is 5.82 Å². The molecular weight excluding hydrogens is 317 g/mol. The summed E-state index contributed by atoms with van der Waals surface area (Å²) in [4.78, 5) is 4.35. The molecule has 4 nitrogen and oxygen atoms in total. The minimum atomic E-state index is -0.280. The van der Waals surface area contributed by atoms with Gasteiger partial charge < -0.3 is 10.3 Å². The molecule has 1 unspecified atom stereocenters. The number of hydrogen-bond donors (Lipinski definition) is 1. The zero-order valence-electron chi connectivity index (χ0n) is 12.2. The van der Waals surface area contributed by atoms with Crippen molar-refractivity contribution in [3.05, 3.63) is 70.8 Å². The van der Waals surface area contributed by atoms with Crippen molar-refractivity contribution < 1.29 is 8.91 Å². The second kappa shape index (κ2) is 6.89. The molecule has 1 atom stereocenters. The molecule has 1 aromatic heterocycles. The van der Waals surface area contributed by atoms with Gasteiger partial charge in [0.25, 0.3) is 0 Å². The Morgan fingerprint density at radius 3 is 2.74 bits per heavy atom. The number of hydrogen-bond acceptors (Lipinski definition) is 4. The predicted octanol–water partition coefficient (Wildman–Crippen LogP) is 3.81. The highest BCUT2D eigenvalue weighted by molar-refractivity contribution is 6.30. The van der Waals surface area contributed by atoms with Crippen molar-refractivity contribution in [2.75, 3.05) is 6.54 Å². The molecule has 0 saturated heterocycles. The van der Waals surface area contributed by atoms with Crippen LogP contribution >= 0.6 is 11.6 Å². The van der Waals surface area contributed by atoms with E-state index in [0.717, 1.165) is 5.56 Å². The normalized spacial score (nSPS) is 12.3. The summed E-state index contributed by atoms with van der Waals surface area (Å²) in [5, 5.41) is 4.55. The monoisotopic (exact) mass is 331 g/mol. The maximum Gasteiger partial charge on any atom is 0.227 e. The summed E-state index contributed by atoms with van der Waals surface area (Å²) in [6.45, 7) is 0.288. The van der Waals surface area contributed by atoms with E-state index in [1.165, 1.54) is 6.07 Å². The molecule has 1 heterocycles. The number of benzene rings is 2. The van der Waals surface area contributed by atoms with Crippen LogP contribution in [0.25, 0.3) is 11.4 Å². The molecule has 0 saturated carbocycles. The van der Waals surface area contributed by atoms with Crippen LogP contribution in [0, 0.1) is 5.82 Å². The fourth-order valence-corrected chi connectivity index (χ4v) is 2.61. The van der Waals surface area contributed by atoms with E-state index in [4.69, 9.17) is 21.9 Å². The Bertz CT molecular complexity index is 806. The highest BCUT2D eigenvalue weighted by Gasteiger charge is 2.18. The topological polar surface area (TPSA) is 64.9 Å². The van der Waals surface area contributed by atoms with E-state index < -0.39 is 0 Å². The summed E-state index contributed by atoms with van der Waals surface area (Å²) in [5.41, 5.74) is 7.10. The van der Waals surface area contributed by atoms with Gasteiger partial charge in [-0.2, -0.15) is 4.98 Å². The van der Waals surface area contributed by atoms with Crippen molar-refractivity contribution >= 4 is 11.6 Å². The number of halogens is 2. The molecule has 0 bridgehead atoms. The van der Waals surface area contributed by atoms with E-state index in [0.29, 0.717) is 28.7 Å². The molecule has 0 fully saturated rings. The molecule has 0 spiro atoms. The Morgan fingerprint density at radius 1 is 1.17 bits per heavy atom. The zero-order chi connectivity index (χ0) is 16.2. The summed E-state index contributed by atoms with van der Waals surface area (Å²) >= 11 is 5.96. The maximum atomic E-state index is 13.9. The van der Waals surface area contributed by atoms with Crippen molar-refractivity contribution in [1.82, 2.24) is 10.1 Å². The number of nitrogens with zero attached hydrogens (tertiary/aromatic N) is 2. The van der Waals surface area contributed by atoms with E-state index in [2.05, 4.69) is 10.1 Å². The van der Waals surface area contributed by atoms with Gasteiger partial charge in [0, 0.05) is 22.9 Å². The van der Waals surface area contributed by atoms with Crippen molar-refractivity contribution in [3.63, 3.8) is 0 Å². The standard InChI is InChI=1S/C17H15ClFN3O/c18-13-5-3-4-11(8-13)17-21-16(23-22-17)9-12(10-20)14-6-1-2-7-15(14)19/h1-8,12H,9-10,20H2. The lowest BCUT2D eigenvalue weighted by molar-refractivity contribution is 0.368. The molecule has 0 aliphatic rings. The fraction of sp³-hybridized carbons (Fsp3) is 0.176. The van der Waals surface area contributed by atoms with Gasteiger partial charge in [-0.15, -0.1) is 0 Å². The number of aromatic nitrogens is 2. The summed E-state index contributed by atoms with van der Waals surface area (Å²) in [7, 11) is 0. The second-order valence-electron chi connectivity index (χ2n) is 5.18. The van der Waals surface area contributed by atoms with Crippen LogP contribution in [-0.4, -0.2) is 16.7 Å². The van der Waals surface area contributed by atoms with Gasteiger partial charge in [0.05, 0.1) is 0 Å². The first-order valence-electron chi connectivity index (χ1n) is 7.20. The first kappa shape index (κ1) is 15.6. The summed E-state index contributed by atoms with van der Waals surface area (Å²) in [5.74, 6) is 0.367. The smallest absolute Gasteiger partial charge is 0.227 e. The first-order valence-corrected chi connectivity index (χ1v) is 7.58. The molecule has 2 aromatic carbocycles. The summed E-state index contributed by atoms with van der Waals surface area (Å²) in [6.07, 6.45) is 0.380. The van der Waals surface area contributed by atoms with E-state index in [-0.39, 0.29) is 18.3 Å². The lowest BCUT2D eigenvalue weighted by atomic mass is 9.95. The van der Waals surface area contributed by atoms with Crippen LogP contribution in [0.1, 0.15) is 17.4 Å². The molecule has 0 aliphatic heterocycles. The summed E-state index contributed by atoms with van der Waals surface area (Å²) in [6, 6.07) is 13.8. The van der Waals surface area contributed by atoms with Crippen LogP contribution in [0.4, 0.5) is 4.39 Å². The Labute approximate surface area is 138 Å². The van der Waals surface area contributed by atoms with E-state index in [1.54, 1.807) is 30.3 Å². The predicted molar refractivity (Wildman–Crippen MR) is 86.6 cm³/mol. The SMILES string of the molecule is NCC(Cc1nc(-c2cccc(Cl)c2)no1)c1ccccc1F. The van der Waals surface area contributed by atoms with E-state index in [1.807, 2.05) is 12.1 Å². The molecule has 6 heteroatoms. The molecule has 0 amide bonds. The number of rotatable bonds is 5. The molecule has 0 radical (unpaired) electrons. The van der Waals surface area contributed by atoms with Crippen molar-refractivity contribution in [2.24, 2.45) is 5.73 Å². The van der Waals surface area contributed by atoms with Gasteiger partial charge in [0.2, 0.25) is 11.7 Å². The molecule has 118 valence electrons. The largest absolute Gasteiger partial charge is 0.339 e. The van der Waals surface area contributed by atoms with Crippen LogP contribution in [-0.2, 0) is 6.42 Å². The molecule has 23 heavy (non-hydrogen) atoms. The van der Waals surface area contributed by atoms with Gasteiger partial charge in [-0.1, -0.05) is 47.1 Å². The first-order chi connectivity index (χ1) is 11.2. The van der Waals surface area contributed by atoms with E-state index in [9.17, 15) is 4.39 Å². The third kappa shape index (κ3) is 3.57. The van der Waals surface area contributed by atoms with Crippen molar-refractivity contribution in [2.45, 2.75) is 12.3 Å². The van der Waals surface area contributed by atoms with Gasteiger partial charge in [-0.3, -0.25) is 0 Å². The Morgan fingerprint density at radius 2 is 2.00 bits per heavy atom. The molecule has 3 aromatic rings. The Balaban J connectivity index is 1.82. The minimum Gasteiger partial charge on any atom is -0.339 e. The highest BCUT2D eigenvalue weighted by Crippen LogP contribution is 2.24. The van der Waals surface area contributed by atoms with Gasteiger partial charge in [-0.05, 0) is 30.3 Å². The van der Waals surface area contributed by atoms with Crippen LogP contribution in [0.3, 0.4) is 0 Å². The van der Waals surface area contributed by atoms with Crippen molar-refractivity contribution in [3.8, 4) is 11.4 Å². The molecular formula is C17H15ClFN3O. The molecule has 2 N–H and O–H groups in total. The Hall–Kier alpha value is -2.24. The summed E-state index contributed by atoms with van der Waals surface area (Å²) < 4.78 is 19.2. The average Bonchev–Trinajstić information content (AvgIpc) is 3.02. The van der Waals surface area contributed by atoms with Crippen LogP contribution in [0.15, 0.2) is 53.1 Å². The quantitative estimate of drug-likeness (QED) is 0.772. The number of nitrogens with two attached hydrogens (primary N) is 1. The second-order valence-corrected chi connectivity index (χ2v) is 5.62. The molecule has 0 aliphatic carbocycles. The minimum absolute atomic E-state index is 0.219. The maximum absolute atomic E-state index is 13.9. The third-order valence-corrected chi connectivity index (χ3v) is 3.84. The van der Waals surface area contributed by atoms with Crippen LogP contribution in [0.5, 0.6) is 0 Å². The highest BCUT2D eigenvalue weighted by atomic mass is 35.5. The average molecular weight is 332 g/mol. The third-order valence-electron chi connectivity index (χ3n) is 3.60. The lowest BCUT2D eigenvalue weighted by Crippen LogP contribution is -2.16. The van der Waals surface area contributed by atoms with Gasteiger partial charge in [0.15, 0.2) is 0 Å². The van der Waals surface area contributed by atoms with Crippen LogP contribution < -0.4 is 5.73 Å². The van der Waals surface area contributed by atoms with Gasteiger partial charge in [-0.25, -0.2) is 4.39 Å².